The van der Waals surface area contributed by atoms with Gasteiger partial charge in [0, 0.05) is 18.3 Å². The van der Waals surface area contributed by atoms with E-state index >= 15 is 0 Å². The van der Waals surface area contributed by atoms with Gasteiger partial charge in [0.25, 0.3) is 0 Å². The molecule has 3 aromatic carbocycles. The zero-order valence-corrected chi connectivity index (χ0v) is 14.6. The average molecular weight is 345 g/mol. The maximum Gasteiger partial charge on any atom is 0.246 e. The molecule has 4 nitrogen and oxygen atoms in total. The fourth-order valence-corrected chi connectivity index (χ4v) is 3.84. The minimum absolute atomic E-state index is 0.0189. The Kier molecular flexibility index (Phi) is 3.69. The first kappa shape index (κ1) is 16.2. The first-order valence-corrected chi connectivity index (χ1v) is 8.40. The summed E-state index contributed by atoms with van der Waals surface area (Å²) in [7, 11) is 3.42. The molecule has 26 heavy (non-hydrogen) atoms. The number of ether oxygens (including phenoxy) is 1. The summed E-state index contributed by atoms with van der Waals surface area (Å²) in [6, 6.07) is 22.3. The largest absolute Gasteiger partial charge is 0.508 e. The van der Waals surface area contributed by atoms with Gasteiger partial charge in [0.2, 0.25) is 5.91 Å². The van der Waals surface area contributed by atoms with E-state index in [4.69, 9.17) is 4.74 Å². The maximum atomic E-state index is 13.6. The van der Waals surface area contributed by atoms with Crippen molar-refractivity contribution in [3.05, 3.63) is 89.5 Å². The number of nitrogens with zero attached hydrogens (tertiary/aromatic N) is 1. The molecule has 1 aliphatic heterocycles. The number of benzene rings is 3. The van der Waals surface area contributed by atoms with Gasteiger partial charge in [-0.1, -0.05) is 42.5 Å². The Morgan fingerprint density at radius 3 is 2.08 bits per heavy atom. The van der Waals surface area contributed by atoms with Gasteiger partial charge in [-0.25, -0.2) is 0 Å². The normalized spacial score (nSPS) is 18.7. The molecule has 4 rings (SSSR count). The number of aromatic hydroxyl groups is 1. The summed E-state index contributed by atoms with van der Waals surface area (Å²) in [4.78, 5) is 15.3. The number of carbonyl (C=O) groups is 1. The Balaban J connectivity index is 2.05. The smallest absolute Gasteiger partial charge is 0.246 e. The lowest BCUT2D eigenvalue weighted by Gasteiger charge is -2.30. The van der Waals surface area contributed by atoms with Crippen molar-refractivity contribution in [2.24, 2.45) is 0 Å². The van der Waals surface area contributed by atoms with Gasteiger partial charge in [-0.15, -0.1) is 0 Å². The molecule has 0 saturated carbocycles. The molecule has 0 spiro atoms. The van der Waals surface area contributed by atoms with E-state index in [2.05, 4.69) is 0 Å². The number of anilines is 1. The summed E-state index contributed by atoms with van der Waals surface area (Å²) in [6.07, 6.45) is 0. The van der Waals surface area contributed by atoms with Crippen LogP contribution >= 0.6 is 0 Å². The Labute approximate surface area is 152 Å². The van der Waals surface area contributed by atoms with Gasteiger partial charge < -0.3 is 14.7 Å². The van der Waals surface area contributed by atoms with Crippen molar-refractivity contribution < 1.29 is 14.6 Å². The molecule has 0 fully saturated rings. The zero-order chi connectivity index (χ0) is 18.3. The van der Waals surface area contributed by atoms with Crippen LogP contribution in [0.1, 0.15) is 16.7 Å². The molecule has 0 saturated heterocycles. The topological polar surface area (TPSA) is 49.8 Å². The van der Waals surface area contributed by atoms with Gasteiger partial charge >= 0.3 is 0 Å². The Hall–Kier alpha value is -3.27. The van der Waals surface area contributed by atoms with Crippen molar-refractivity contribution in [2.75, 3.05) is 19.1 Å². The van der Waals surface area contributed by atoms with Crippen LogP contribution in [-0.2, 0) is 10.2 Å². The van der Waals surface area contributed by atoms with Crippen LogP contribution in [0.3, 0.4) is 0 Å². The van der Waals surface area contributed by atoms with Crippen LogP contribution in [0.4, 0.5) is 5.69 Å². The van der Waals surface area contributed by atoms with Gasteiger partial charge in [-0.05, 0) is 41.5 Å². The first-order chi connectivity index (χ1) is 12.6. The summed E-state index contributed by atoms with van der Waals surface area (Å²) < 4.78 is 5.28. The van der Waals surface area contributed by atoms with E-state index in [-0.39, 0.29) is 11.7 Å². The average Bonchev–Trinajstić information content (AvgIpc) is 2.91. The summed E-state index contributed by atoms with van der Waals surface area (Å²) >= 11 is 0. The van der Waals surface area contributed by atoms with Crippen LogP contribution in [-0.4, -0.2) is 25.2 Å². The predicted octanol–water partition coefficient (Wildman–Crippen LogP) is 3.71. The summed E-state index contributed by atoms with van der Waals surface area (Å²) in [5, 5.41) is 9.72. The van der Waals surface area contributed by atoms with Gasteiger partial charge in [0.1, 0.15) is 16.9 Å². The quantitative estimate of drug-likeness (QED) is 0.787. The van der Waals surface area contributed by atoms with E-state index in [0.29, 0.717) is 0 Å². The van der Waals surface area contributed by atoms with Crippen molar-refractivity contribution >= 4 is 11.6 Å². The molecule has 0 bridgehead atoms. The molecule has 130 valence electrons. The minimum atomic E-state index is -0.953. The van der Waals surface area contributed by atoms with E-state index in [1.807, 2.05) is 60.7 Å². The number of hydrogen-bond donors (Lipinski definition) is 1. The van der Waals surface area contributed by atoms with Crippen molar-refractivity contribution in [3.8, 4) is 11.5 Å². The molecular formula is C22H19NO3. The molecule has 1 heterocycles. The lowest BCUT2D eigenvalue weighted by atomic mass is 9.70. The van der Waals surface area contributed by atoms with E-state index in [1.165, 1.54) is 0 Å². The number of methoxy groups -OCH3 is 1. The number of hydrogen-bond acceptors (Lipinski definition) is 3. The number of phenols is 1. The van der Waals surface area contributed by atoms with Gasteiger partial charge in [0.05, 0.1) is 7.11 Å². The molecule has 0 radical (unpaired) electrons. The second-order valence-corrected chi connectivity index (χ2v) is 6.41. The molecule has 4 heteroatoms. The fraction of sp³-hybridized carbons (Fsp3) is 0.136. The molecule has 1 amide bonds. The number of fused-ring (bicyclic) bond motifs is 1. The lowest BCUT2D eigenvalue weighted by Crippen LogP contribution is -2.40. The highest BCUT2D eigenvalue weighted by atomic mass is 16.5. The Bertz CT molecular complexity index is 963. The highest BCUT2D eigenvalue weighted by molar-refractivity contribution is 6.12. The van der Waals surface area contributed by atoms with Crippen LogP contribution in [0.2, 0.25) is 0 Å². The highest BCUT2D eigenvalue weighted by Gasteiger charge is 2.52. The molecule has 0 aliphatic carbocycles. The SMILES string of the molecule is COc1ccc(C2(c3ccc(O)cc3)C(=O)N(C)c3ccccc32)cc1. The molecule has 1 atom stereocenters. The first-order valence-electron chi connectivity index (χ1n) is 8.40. The molecular weight excluding hydrogens is 326 g/mol. The lowest BCUT2D eigenvalue weighted by molar-refractivity contribution is -0.120. The number of likely N-dealkylation sites (N-methyl/N-ethyl adjacent to an activating group) is 1. The summed E-state index contributed by atoms with van der Waals surface area (Å²) in [5.41, 5.74) is 2.56. The van der Waals surface area contributed by atoms with E-state index in [9.17, 15) is 9.90 Å². The number of phenolic OH excluding ortho intramolecular Hbond substituents is 1. The second kappa shape index (κ2) is 5.92. The van der Waals surface area contributed by atoms with Crippen LogP contribution in [0.15, 0.2) is 72.8 Å². The third-order valence-corrected chi connectivity index (χ3v) is 5.12. The third-order valence-electron chi connectivity index (χ3n) is 5.12. The van der Waals surface area contributed by atoms with Crippen molar-refractivity contribution in [1.29, 1.82) is 0 Å². The monoisotopic (exact) mass is 345 g/mol. The van der Waals surface area contributed by atoms with Crippen molar-refractivity contribution in [1.82, 2.24) is 0 Å². The van der Waals surface area contributed by atoms with Crippen LogP contribution in [0.5, 0.6) is 11.5 Å². The molecule has 1 unspecified atom stereocenters. The van der Waals surface area contributed by atoms with Crippen LogP contribution in [0.25, 0.3) is 0 Å². The van der Waals surface area contributed by atoms with Crippen molar-refractivity contribution in [2.45, 2.75) is 5.41 Å². The predicted molar refractivity (Wildman–Crippen MR) is 101 cm³/mol. The summed E-state index contributed by atoms with van der Waals surface area (Å²) in [6.45, 7) is 0. The van der Waals surface area contributed by atoms with E-state index in [0.717, 1.165) is 28.1 Å². The standard InChI is InChI=1S/C22H19NO3/c1-23-20-6-4-3-5-19(20)22(21(23)25,15-7-11-17(24)12-8-15)16-9-13-18(26-2)14-10-16/h3-14,24H,1-2H3. The van der Waals surface area contributed by atoms with Crippen molar-refractivity contribution in [3.63, 3.8) is 0 Å². The van der Waals surface area contributed by atoms with E-state index < -0.39 is 5.41 Å². The molecule has 3 aromatic rings. The number of rotatable bonds is 3. The number of amides is 1. The van der Waals surface area contributed by atoms with Crippen LogP contribution in [0, 0.1) is 0 Å². The van der Waals surface area contributed by atoms with Crippen LogP contribution < -0.4 is 9.64 Å². The molecule has 1 aliphatic rings. The Morgan fingerprint density at radius 1 is 0.885 bits per heavy atom. The fourth-order valence-electron chi connectivity index (χ4n) is 3.84. The second-order valence-electron chi connectivity index (χ2n) is 6.41. The zero-order valence-electron chi connectivity index (χ0n) is 14.6. The van der Waals surface area contributed by atoms with Gasteiger partial charge in [-0.3, -0.25) is 4.79 Å². The number of carbonyl (C=O) groups excluding carboxylic acids is 1. The third kappa shape index (κ3) is 2.12. The molecule has 1 N–H and O–H groups in total. The molecule has 0 aromatic heterocycles. The Morgan fingerprint density at radius 2 is 1.46 bits per heavy atom. The van der Waals surface area contributed by atoms with Gasteiger partial charge in [-0.2, -0.15) is 0 Å². The number of para-hydroxylation sites is 1. The minimum Gasteiger partial charge on any atom is -0.508 e. The highest BCUT2D eigenvalue weighted by Crippen LogP contribution is 2.50. The van der Waals surface area contributed by atoms with Gasteiger partial charge in [0.15, 0.2) is 0 Å². The summed E-state index contributed by atoms with van der Waals surface area (Å²) in [5.74, 6) is 0.891. The maximum absolute atomic E-state index is 13.6. The van der Waals surface area contributed by atoms with E-state index in [1.54, 1.807) is 31.2 Å².